The number of piperazine rings is 1. The van der Waals surface area contributed by atoms with E-state index in [1.165, 1.54) is 22.5 Å². The fourth-order valence-corrected chi connectivity index (χ4v) is 6.90. The summed E-state index contributed by atoms with van der Waals surface area (Å²) < 4.78 is 73.5. The lowest BCUT2D eigenvalue weighted by Crippen LogP contribution is -2.58. The minimum absolute atomic E-state index is 0.0483. The predicted octanol–water partition coefficient (Wildman–Crippen LogP) is 3.26. The fourth-order valence-electron chi connectivity index (χ4n) is 4.83. The highest BCUT2D eigenvalue weighted by molar-refractivity contribution is 7.96. The van der Waals surface area contributed by atoms with Crippen LogP contribution in [0, 0.1) is 0 Å². The molecule has 2 heterocycles. The Morgan fingerprint density at radius 2 is 1.89 bits per heavy atom. The van der Waals surface area contributed by atoms with E-state index in [-0.39, 0.29) is 41.7 Å². The van der Waals surface area contributed by atoms with Crippen molar-refractivity contribution in [2.75, 3.05) is 37.7 Å². The Kier molecular flexibility index (Phi) is 8.18. The number of nitrogens with zero attached hydrogens (tertiary/aromatic N) is 2. The van der Waals surface area contributed by atoms with Gasteiger partial charge in [-0.05, 0) is 44.0 Å². The number of alkyl halides is 3. The van der Waals surface area contributed by atoms with Gasteiger partial charge in [-0.25, -0.2) is 8.42 Å². The van der Waals surface area contributed by atoms with E-state index in [9.17, 15) is 26.7 Å². The van der Waals surface area contributed by atoms with Crippen LogP contribution in [-0.2, 0) is 20.4 Å². The topological polar surface area (TPSA) is 82.1 Å². The summed E-state index contributed by atoms with van der Waals surface area (Å²) in [4.78, 5) is 2.56. The lowest BCUT2D eigenvalue weighted by Gasteiger charge is -2.44. The molecule has 2 fully saturated rings. The second-order valence-corrected chi connectivity index (χ2v) is 12.4. The Morgan fingerprint density at radius 3 is 2.46 bits per heavy atom. The van der Waals surface area contributed by atoms with Gasteiger partial charge in [0.1, 0.15) is 0 Å². The molecule has 0 saturated carbocycles. The number of sulfonamides is 1. The Bertz CT molecular complexity index is 1160. The van der Waals surface area contributed by atoms with Gasteiger partial charge in [-0.2, -0.15) is 17.5 Å². The number of rotatable bonds is 8. The molecular formula is C25H32F3N3O4S2. The molecule has 3 atom stereocenters. The number of thiocarbonyl (C=S) groups is 1. The Labute approximate surface area is 221 Å². The molecule has 2 saturated heterocycles. The monoisotopic (exact) mass is 559 g/mol. The number of halogens is 3. The minimum atomic E-state index is -4.81. The van der Waals surface area contributed by atoms with Crippen LogP contribution in [0.4, 0.5) is 18.9 Å². The molecule has 0 spiro atoms. The molecule has 1 aromatic carbocycles. The summed E-state index contributed by atoms with van der Waals surface area (Å²) in [5.41, 5.74) is -2.56. The van der Waals surface area contributed by atoms with Crippen molar-refractivity contribution in [2.45, 2.75) is 56.6 Å². The molecule has 2 N–H and O–H groups in total. The van der Waals surface area contributed by atoms with Crippen LogP contribution in [0.5, 0.6) is 0 Å². The average molecular weight is 560 g/mol. The highest BCUT2D eigenvalue weighted by atomic mass is 32.2. The number of aliphatic hydroxyl groups is 1. The molecule has 37 heavy (non-hydrogen) atoms. The zero-order valence-corrected chi connectivity index (χ0v) is 22.4. The zero-order valence-electron chi connectivity index (χ0n) is 20.7. The maximum atomic E-state index is 13.5. The number of ether oxygens (including phenoxy) is 1. The molecule has 0 aromatic heterocycles. The Balaban J connectivity index is 1.57. The van der Waals surface area contributed by atoms with E-state index >= 15 is 0 Å². The summed E-state index contributed by atoms with van der Waals surface area (Å²) in [6, 6.07) is 5.69. The number of hydrogen-bond donors (Lipinski definition) is 2. The van der Waals surface area contributed by atoms with Crippen LogP contribution in [0.3, 0.4) is 0 Å². The summed E-state index contributed by atoms with van der Waals surface area (Å²) >= 11 is 5.32. The third-order valence-corrected chi connectivity index (χ3v) is 9.59. The van der Waals surface area contributed by atoms with Gasteiger partial charge in [0.2, 0.25) is 10.0 Å². The molecule has 0 bridgehead atoms. The van der Waals surface area contributed by atoms with E-state index in [0.29, 0.717) is 43.2 Å². The van der Waals surface area contributed by atoms with Gasteiger partial charge in [0.15, 0.2) is 5.60 Å². The smallest absolute Gasteiger partial charge is 0.378 e. The summed E-state index contributed by atoms with van der Waals surface area (Å²) in [6.45, 7) is 4.78. The van der Waals surface area contributed by atoms with Crippen LogP contribution in [0.25, 0.3) is 0 Å². The van der Waals surface area contributed by atoms with Gasteiger partial charge in [-0.15, -0.1) is 0 Å². The van der Waals surface area contributed by atoms with Gasteiger partial charge in [0.25, 0.3) is 0 Å². The molecule has 204 valence electrons. The quantitative estimate of drug-likeness (QED) is 0.474. The van der Waals surface area contributed by atoms with Crippen molar-refractivity contribution < 1.29 is 31.4 Å². The van der Waals surface area contributed by atoms with E-state index in [2.05, 4.69) is 5.32 Å². The van der Waals surface area contributed by atoms with Crippen molar-refractivity contribution >= 4 is 32.8 Å². The van der Waals surface area contributed by atoms with Crippen LogP contribution >= 0.6 is 12.2 Å². The van der Waals surface area contributed by atoms with E-state index < -0.39 is 21.8 Å². The first-order chi connectivity index (χ1) is 17.3. The molecule has 0 amide bonds. The lowest BCUT2D eigenvalue weighted by molar-refractivity contribution is -0.258. The third kappa shape index (κ3) is 5.94. The van der Waals surface area contributed by atoms with Crippen LogP contribution in [0.2, 0.25) is 0 Å². The highest BCUT2D eigenvalue weighted by Crippen LogP contribution is 2.39. The number of benzene rings is 1. The first kappa shape index (κ1) is 28.2. The molecule has 4 rings (SSSR count). The molecule has 7 nitrogen and oxygen atoms in total. The number of allylic oxidation sites excluding steroid dienone is 4. The second-order valence-electron chi connectivity index (χ2n) is 9.95. The van der Waals surface area contributed by atoms with Gasteiger partial charge >= 0.3 is 6.18 Å². The van der Waals surface area contributed by atoms with Gasteiger partial charge in [-0.3, -0.25) is 0 Å². The van der Waals surface area contributed by atoms with E-state index in [1.807, 2.05) is 17.9 Å². The van der Waals surface area contributed by atoms with E-state index in [0.717, 1.165) is 6.92 Å². The van der Waals surface area contributed by atoms with E-state index in [4.69, 9.17) is 17.0 Å². The zero-order chi connectivity index (χ0) is 27.0. The summed E-state index contributed by atoms with van der Waals surface area (Å²) in [6.07, 6.45) is 1.25. The van der Waals surface area contributed by atoms with Crippen molar-refractivity contribution in [3.05, 3.63) is 53.0 Å². The lowest BCUT2D eigenvalue weighted by atomic mass is 9.94. The largest absolute Gasteiger partial charge is 0.421 e. The summed E-state index contributed by atoms with van der Waals surface area (Å²) in [5.74, 6) is 0. The van der Waals surface area contributed by atoms with E-state index in [1.54, 1.807) is 18.2 Å². The van der Waals surface area contributed by atoms with Crippen molar-refractivity contribution in [3.63, 3.8) is 0 Å². The minimum Gasteiger partial charge on any atom is -0.378 e. The molecular weight excluding hydrogens is 527 g/mol. The molecule has 1 aliphatic carbocycles. The molecule has 1 unspecified atom stereocenters. The van der Waals surface area contributed by atoms with Crippen molar-refractivity contribution in [1.82, 2.24) is 9.62 Å². The first-order valence-corrected chi connectivity index (χ1v) is 14.1. The maximum Gasteiger partial charge on any atom is 0.421 e. The van der Waals surface area contributed by atoms with Crippen LogP contribution in [0.1, 0.15) is 32.3 Å². The Hall–Kier alpha value is -1.83. The normalized spacial score (nSPS) is 24.4. The third-order valence-electron chi connectivity index (χ3n) is 7.12. The van der Waals surface area contributed by atoms with Gasteiger partial charge < -0.3 is 20.1 Å². The summed E-state index contributed by atoms with van der Waals surface area (Å²) in [7, 11) is -3.79. The summed E-state index contributed by atoms with van der Waals surface area (Å²) in [5, 5.41) is 13.5. The molecule has 12 heteroatoms. The second kappa shape index (κ2) is 10.7. The van der Waals surface area contributed by atoms with Crippen LogP contribution < -0.4 is 10.2 Å². The number of anilines is 1. The number of hydrogen-bond acceptors (Lipinski definition) is 7. The average Bonchev–Trinajstić information content (AvgIpc) is 2.81. The van der Waals surface area contributed by atoms with Crippen LogP contribution in [-0.4, -0.2) is 79.8 Å². The van der Waals surface area contributed by atoms with Crippen molar-refractivity contribution in [3.8, 4) is 0 Å². The first-order valence-electron chi connectivity index (χ1n) is 12.2. The molecule has 3 aliphatic rings. The highest BCUT2D eigenvalue weighted by Gasteiger charge is 2.51. The fraction of sp³-hybridized carbons (Fsp3) is 0.560. The van der Waals surface area contributed by atoms with Gasteiger partial charge in [0, 0.05) is 48.7 Å². The maximum absolute atomic E-state index is 13.5. The SMILES string of the molecule is C[C@@H](C[C@H]1CN(S(=O)(=O)C2=CC=CCC2=S)CCN1c1ccc(C(C)(O)C(F)(F)F)cc1)NC1COC1. The number of nitrogens with one attached hydrogen (secondary N) is 1. The Morgan fingerprint density at radius 1 is 1.22 bits per heavy atom. The standard InChI is InChI=1S/C25H32F3N3O4S2/c1-17(29-19-15-35-16-19)13-21-14-30(37(33,34)23-6-4-3-5-22(23)36)11-12-31(21)20-9-7-18(8-10-20)24(2,32)25(26,27)28/h3-4,6-10,17,19,21,29,32H,5,11-16H2,1-2H3/t17-,21-,24?/m0/s1. The van der Waals surface area contributed by atoms with Gasteiger partial charge in [0.05, 0.1) is 24.2 Å². The molecule has 0 radical (unpaired) electrons. The molecule has 2 aliphatic heterocycles. The van der Waals surface area contributed by atoms with Crippen molar-refractivity contribution in [2.24, 2.45) is 0 Å². The predicted molar refractivity (Wildman–Crippen MR) is 140 cm³/mol. The molecule has 1 aromatic rings. The van der Waals surface area contributed by atoms with Crippen LogP contribution in [0.15, 0.2) is 47.4 Å². The van der Waals surface area contributed by atoms with Gasteiger partial charge in [-0.1, -0.05) is 36.5 Å². The van der Waals surface area contributed by atoms with Crippen molar-refractivity contribution in [1.29, 1.82) is 0 Å².